The van der Waals surface area contributed by atoms with E-state index in [1.807, 2.05) is 19.0 Å². The van der Waals surface area contributed by atoms with Crippen molar-refractivity contribution >= 4 is 10.0 Å². The number of unbranched alkanes of at least 4 members (excludes halogenated alkanes) is 1. The van der Waals surface area contributed by atoms with Gasteiger partial charge in [-0.15, -0.1) is 0 Å². The van der Waals surface area contributed by atoms with E-state index in [0.29, 0.717) is 6.42 Å². The van der Waals surface area contributed by atoms with Gasteiger partial charge in [0.2, 0.25) is 10.0 Å². The molecule has 0 aliphatic heterocycles. The normalized spacial score (nSPS) is 12.1. The van der Waals surface area contributed by atoms with Gasteiger partial charge in [-0.25, -0.2) is 17.5 Å². The molecule has 0 aliphatic carbocycles. The van der Waals surface area contributed by atoms with Crippen LogP contribution in [0.5, 0.6) is 0 Å². The Hall–Kier alpha value is -1.02. The van der Waals surface area contributed by atoms with Gasteiger partial charge in [0.05, 0.1) is 11.5 Å². The van der Waals surface area contributed by atoms with Crippen LogP contribution >= 0.6 is 0 Å². The van der Waals surface area contributed by atoms with E-state index in [9.17, 15) is 12.8 Å². The zero-order valence-corrected chi connectivity index (χ0v) is 12.6. The van der Waals surface area contributed by atoms with Crippen molar-refractivity contribution in [2.75, 3.05) is 27.2 Å². The summed E-state index contributed by atoms with van der Waals surface area (Å²) in [6.45, 7) is 0.721. The van der Waals surface area contributed by atoms with Gasteiger partial charge in [-0.05, 0) is 51.2 Å². The highest BCUT2D eigenvalue weighted by Crippen LogP contribution is 2.17. The van der Waals surface area contributed by atoms with Crippen LogP contribution in [0, 0.1) is 5.82 Å². The van der Waals surface area contributed by atoms with E-state index >= 15 is 0 Å². The van der Waals surface area contributed by atoms with Gasteiger partial charge in [0, 0.05) is 6.54 Å². The van der Waals surface area contributed by atoms with E-state index in [1.54, 1.807) is 0 Å². The van der Waals surface area contributed by atoms with E-state index in [-0.39, 0.29) is 17.0 Å². The van der Waals surface area contributed by atoms with Crippen LogP contribution in [-0.4, -0.2) is 45.6 Å². The van der Waals surface area contributed by atoms with Crippen LogP contribution in [0.25, 0.3) is 0 Å². The van der Waals surface area contributed by atoms with Crippen LogP contribution in [0.3, 0.4) is 0 Å². The number of benzene rings is 1. The molecule has 5 nitrogen and oxygen atoms in total. The van der Waals surface area contributed by atoms with Crippen molar-refractivity contribution in [1.82, 2.24) is 9.62 Å². The highest BCUT2D eigenvalue weighted by Gasteiger charge is 2.18. The molecule has 0 aliphatic rings. The molecule has 0 atom stereocenters. The summed E-state index contributed by atoms with van der Waals surface area (Å²) in [7, 11) is 0.108. The fourth-order valence-corrected chi connectivity index (χ4v) is 3.06. The first-order valence-electron chi connectivity index (χ1n) is 6.40. The van der Waals surface area contributed by atoms with Crippen molar-refractivity contribution in [1.29, 1.82) is 0 Å². The maximum atomic E-state index is 13.2. The lowest BCUT2D eigenvalue weighted by Crippen LogP contribution is -2.26. The quantitative estimate of drug-likeness (QED) is 0.701. The number of aliphatic hydroxyl groups is 1. The third-order valence-electron chi connectivity index (χ3n) is 2.81. The maximum Gasteiger partial charge on any atom is 0.241 e. The predicted molar refractivity (Wildman–Crippen MR) is 75.3 cm³/mol. The molecule has 7 heteroatoms. The van der Waals surface area contributed by atoms with E-state index < -0.39 is 22.4 Å². The first-order chi connectivity index (χ1) is 9.36. The second-order valence-electron chi connectivity index (χ2n) is 4.82. The summed E-state index contributed by atoms with van der Waals surface area (Å²) < 4.78 is 39.7. The molecular weight excluding hydrogens is 283 g/mol. The smallest absolute Gasteiger partial charge is 0.241 e. The second-order valence-corrected chi connectivity index (χ2v) is 6.55. The first-order valence-corrected chi connectivity index (χ1v) is 7.89. The molecular formula is C13H21FN2O3S. The molecule has 0 radical (unpaired) electrons. The summed E-state index contributed by atoms with van der Waals surface area (Å²) >= 11 is 0. The van der Waals surface area contributed by atoms with Gasteiger partial charge in [0.25, 0.3) is 0 Å². The molecule has 20 heavy (non-hydrogen) atoms. The zero-order valence-electron chi connectivity index (χ0n) is 11.8. The number of hydrogen-bond donors (Lipinski definition) is 2. The van der Waals surface area contributed by atoms with Crippen molar-refractivity contribution < 1.29 is 17.9 Å². The minimum absolute atomic E-state index is 0.187. The molecule has 0 saturated heterocycles. The average Bonchev–Trinajstić information content (AvgIpc) is 2.37. The van der Waals surface area contributed by atoms with Gasteiger partial charge in [0.1, 0.15) is 5.82 Å². The van der Waals surface area contributed by atoms with Crippen LogP contribution in [0.1, 0.15) is 18.4 Å². The number of nitrogens with one attached hydrogen (secondary N) is 1. The molecule has 0 aromatic heterocycles. The Morgan fingerprint density at radius 2 is 2.00 bits per heavy atom. The summed E-state index contributed by atoms with van der Waals surface area (Å²) in [5.41, 5.74) is 0.187. The number of rotatable bonds is 8. The molecule has 2 N–H and O–H groups in total. The maximum absolute atomic E-state index is 13.2. The number of aliphatic hydroxyl groups excluding tert-OH is 1. The summed E-state index contributed by atoms with van der Waals surface area (Å²) in [6.07, 6.45) is 1.56. The number of sulfonamides is 1. The van der Waals surface area contributed by atoms with Gasteiger partial charge in [-0.2, -0.15) is 0 Å². The van der Waals surface area contributed by atoms with Crippen molar-refractivity contribution in [3.05, 3.63) is 29.6 Å². The lowest BCUT2D eigenvalue weighted by molar-refractivity contribution is 0.278. The van der Waals surface area contributed by atoms with Crippen LogP contribution in [0.2, 0.25) is 0 Å². The highest BCUT2D eigenvalue weighted by atomic mass is 32.2. The molecule has 0 fully saturated rings. The molecule has 114 valence electrons. The van der Waals surface area contributed by atoms with Crippen molar-refractivity contribution in [2.24, 2.45) is 0 Å². The Bertz CT molecular complexity index is 532. The minimum Gasteiger partial charge on any atom is -0.392 e. The van der Waals surface area contributed by atoms with Gasteiger partial charge in [-0.1, -0.05) is 6.07 Å². The summed E-state index contributed by atoms with van der Waals surface area (Å²) in [5.74, 6) is -0.643. The summed E-state index contributed by atoms with van der Waals surface area (Å²) in [6, 6.07) is 3.32. The van der Waals surface area contributed by atoms with Crippen LogP contribution in [0.15, 0.2) is 23.1 Å². The van der Waals surface area contributed by atoms with Gasteiger partial charge >= 0.3 is 0 Å². The Morgan fingerprint density at radius 1 is 1.30 bits per heavy atom. The molecule has 1 rings (SSSR count). The standard InChI is InChI=1S/C13H21FN2O3S/c1-16(2)8-4-3-7-15-20(18,19)13-9-12(14)6-5-11(13)10-17/h5-6,9,15,17H,3-4,7-8,10H2,1-2H3. The fourth-order valence-electron chi connectivity index (χ4n) is 1.75. The van der Waals surface area contributed by atoms with Crippen LogP contribution < -0.4 is 4.72 Å². The lowest BCUT2D eigenvalue weighted by Gasteiger charge is -2.11. The van der Waals surface area contributed by atoms with Gasteiger partial charge in [-0.3, -0.25) is 0 Å². The SMILES string of the molecule is CN(C)CCCCNS(=O)(=O)c1cc(F)ccc1CO. The molecule has 0 bridgehead atoms. The largest absolute Gasteiger partial charge is 0.392 e. The highest BCUT2D eigenvalue weighted by molar-refractivity contribution is 7.89. The van der Waals surface area contributed by atoms with E-state index in [0.717, 1.165) is 25.1 Å². The monoisotopic (exact) mass is 304 g/mol. The Balaban J connectivity index is 2.67. The fraction of sp³-hybridized carbons (Fsp3) is 0.538. The third-order valence-corrected chi connectivity index (χ3v) is 4.36. The van der Waals surface area contributed by atoms with E-state index in [4.69, 9.17) is 5.11 Å². The van der Waals surface area contributed by atoms with Crippen LogP contribution in [0.4, 0.5) is 4.39 Å². The van der Waals surface area contributed by atoms with Gasteiger partial charge in [0.15, 0.2) is 0 Å². The molecule has 0 unspecified atom stereocenters. The Labute approximate surface area is 119 Å². The number of hydrogen-bond acceptors (Lipinski definition) is 4. The zero-order chi connectivity index (χ0) is 15.2. The molecule has 1 aromatic rings. The lowest BCUT2D eigenvalue weighted by atomic mass is 10.2. The number of nitrogens with zero attached hydrogens (tertiary/aromatic N) is 1. The summed E-state index contributed by atoms with van der Waals surface area (Å²) in [4.78, 5) is 1.82. The van der Waals surface area contributed by atoms with Gasteiger partial charge < -0.3 is 10.0 Å². The molecule has 0 saturated carbocycles. The summed E-state index contributed by atoms with van der Waals surface area (Å²) in [5, 5.41) is 9.12. The van der Waals surface area contributed by atoms with Crippen molar-refractivity contribution in [3.8, 4) is 0 Å². The van der Waals surface area contributed by atoms with Crippen molar-refractivity contribution in [3.63, 3.8) is 0 Å². The Morgan fingerprint density at radius 3 is 2.60 bits per heavy atom. The van der Waals surface area contributed by atoms with E-state index in [2.05, 4.69) is 4.72 Å². The average molecular weight is 304 g/mol. The molecule has 0 heterocycles. The second kappa shape index (κ2) is 7.68. The minimum atomic E-state index is -3.79. The Kier molecular flexibility index (Phi) is 6.54. The van der Waals surface area contributed by atoms with Crippen LogP contribution in [-0.2, 0) is 16.6 Å². The third kappa shape index (κ3) is 5.16. The molecule has 1 aromatic carbocycles. The topological polar surface area (TPSA) is 69.6 Å². The first kappa shape index (κ1) is 17.0. The van der Waals surface area contributed by atoms with E-state index in [1.165, 1.54) is 6.07 Å². The van der Waals surface area contributed by atoms with Crippen molar-refractivity contribution in [2.45, 2.75) is 24.3 Å². The molecule has 0 spiro atoms. The number of halogens is 1. The predicted octanol–water partition coefficient (Wildman–Crippen LogP) is 0.938. The molecule has 0 amide bonds.